The highest BCUT2D eigenvalue weighted by molar-refractivity contribution is 5.43. The van der Waals surface area contributed by atoms with Crippen LogP contribution in [0.1, 0.15) is 24.0 Å². The zero-order chi connectivity index (χ0) is 13.2. The van der Waals surface area contributed by atoms with Crippen molar-refractivity contribution in [1.29, 1.82) is 0 Å². The fourth-order valence-corrected chi connectivity index (χ4v) is 3.86. The van der Waals surface area contributed by atoms with Crippen LogP contribution < -0.4 is 4.74 Å². The molecule has 19 heavy (non-hydrogen) atoms. The van der Waals surface area contributed by atoms with Crippen LogP contribution in [0.3, 0.4) is 0 Å². The number of nitrogens with zero attached hydrogens (tertiary/aromatic N) is 1. The second-order valence-electron chi connectivity index (χ2n) is 5.76. The van der Waals surface area contributed by atoms with Crippen LogP contribution in [0.5, 0.6) is 5.75 Å². The average Bonchev–Trinajstić information content (AvgIpc) is 2.45. The molecule has 0 amide bonds. The van der Waals surface area contributed by atoms with Gasteiger partial charge in [-0.15, -0.1) is 6.58 Å². The van der Waals surface area contributed by atoms with E-state index in [0.717, 1.165) is 24.6 Å². The van der Waals surface area contributed by atoms with Crippen LogP contribution >= 0.6 is 0 Å². The third kappa shape index (κ3) is 2.30. The van der Waals surface area contributed by atoms with Gasteiger partial charge < -0.3 is 4.74 Å². The van der Waals surface area contributed by atoms with E-state index < -0.39 is 0 Å². The Morgan fingerprint density at radius 2 is 2.32 bits per heavy atom. The van der Waals surface area contributed by atoms with E-state index in [1.54, 1.807) is 7.11 Å². The van der Waals surface area contributed by atoms with Gasteiger partial charge >= 0.3 is 0 Å². The lowest BCUT2D eigenvalue weighted by atomic mass is 9.75. The van der Waals surface area contributed by atoms with Crippen LogP contribution in [0.15, 0.2) is 30.9 Å². The monoisotopic (exact) mass is 257 g/mol. The van der Waals surface area contributed by atoms with E-state index in [9.17, 15) is 0 Å². The van der Waals surface area contributed by atoms with E-state index >= 15 is 0 Å². The van der Waals surface area contributed by atoms with Crippen molar-refractivity contribution in [2.24, 2.45) is 5.92 Å². The summed E-state index contributed by atoms with van der Waals surface area (Å²) in [6, 6.07) is 7.18. The molecule has 0 N–H and O–H groups in total. The van der Waals surface area contributed by atoms with E-state index in [1.807, 2.05) is 6.08 Å². The van der Waals surface area contributed by atoms with Crippen molar-refractivity contribution >= 4 is 0 Å². The predicted molar refractivity (Wildman–Crippen MR) is 78.7 cm³/mol. The topological polar surface area (TPSA) is 12.5 Å². The van der Waals surface area contributed by atoms with Gasteiger partial charge in [0.2, 0.25) is 0 Å². The third-order valence-corrected chi connectivity index (χ3v) is 4.74. The van der Waals surface area contributed by atoms with Crippen molar-refractivity contribution in [3.8, 4) is 5.75 Å². The van der Waals surface area contributed by atoms with Gasteiger partial charge in [0, 0.05) is 12.6 Å². The summed E-state index contributed by atoms with van der Waals surface area (Å²) in [5, 5.41) is 0. The fraction of sp³-hybridized carbons (Fsp3) is 0.529. The lowest BCUT2D eigenvalue weighted by Gasteiger charge is -2.44. The Kier molecular flexibility index (Phi) is 3.61. The molecule has 2 aliphatic rings. The van der Waals surface area contributed by atoms with Crippen molar-refractivity contribution in [3.63, 3.8) is 0 Å². The second-order valence-corrected chi connectivity index (χ2v) is 5.76. The third-order valence-electron chi connectivity index (χ3n) is 4.74. The smallest absolute Gasteiger partial charge is 0.122 e. The SMILES string of the molecule is C=CCN1CCC[C@H]2Cc3cccc(OC)c3C[C@@H]21. The zero-order valence-electron chi connectivity index (χ0n) is 11.8. The van der Waals surface area contributed by atoms with Gasteiger partial charge in [0.05, 0.1) is 7.11 Å². The number of hydrogen-bond acceptors (Lipinski definition) is 2. The number of hydrogen-bond donors (Lipinski definition) is 0. The summed E-state index contributed by atoms with van der Waals surface area (Å²) in [6.45, 7) is 6.14. The lowest BCUT2D eigenvalue weighted by molar-refractivity contribution is 0.0965. The zero-order valence-corrected chi connectivity index (χ0v) is 11.8. The summed E-state index contributed by atoms with van der Waals surface area (Å²) < 4.78 is 5.55. The van der Waals surface area contributed by atoms with E-state index in [2.05, 4.69) is 29.7 Å². The maximum atomic E-state index is 5.55. The van der Waals surface area contributed by atoms with Gasteiger partial charge in [-0.25, -0.2) is 0 Å². The molecule has 1 saturated heterocycles. The summed E-state index contributed by atoms with van der Waals surface area (Å²) in [7, 11) is 1.78. The van der Waals surface area contributed by atoms with Crippen LogP contribution in [0, 0.1) is 5.92 Å². The highest BCUT2D eigenvalue weighted by Crippen LogP contribution is 2.38. The van der Waals surface area contributed by atoms with Crippen molar-refractivity contribution in [2.45, 2.75) is 31.7 Å². The van der Waals surface area contributed by atoms with Crippen LogP contribution in [0.4, 0.5) is 0 Å². The number of likely N-dealkylation sites (tertiary alicyclic amines) is 1. The standard InChI is InChI=1S/C17H23NO/c1-3-9-18-10-5-7-14-11-13-6-4-8-17(19-2)15(13)12-16(14)18/h3-4,6,8,14,16H,1,5,7,9-12H2,2H3/t14-,16-/m0/s1. The largest absolute Gasteiger partial charge is 0.496 e. The molecule has 1 heterocycles. The Morgan fingerprint density at radius 1 is 1.42 bits per heavy atom. The Bertz CT molecular complexity index is 468. The summed E-state index contributed by atoms with van der Waals surface area (Å²) in [6.07, 6.45) is 7.09. The predicted octanol–water partition coefficient (Wildman–Crippen LogP) is 3.06. The lowest BCUT2D eigenvalue weighted by Crippen LogP contribution is -2.49. The molecule has 0 saturated carbocycles. The van der Waals surface area contributed by atoms with E-state index in [0.29, 0.717) is 6.04 Å². The molecule has 102 valence electrons. The van der Waals surface area contributed by atoms with E-state index in [-0.39, 0.29) is 0 Å². The number of rotatable bonds is 3. The molecule has 1 aliphatic heterocycles. The fourth-order valence-electron chi connectivity index (χ4n) is 3.86. The van der Waals surface area contributed by atoms with Crippen molar-refractivity contribution < 1.29 is 4.74 Å². The van der Waals surface area contributed by atoms with Crippen LogP contribution in [-0.4, -0.2) is 31.1 Å². The highest BCUT2D eigenvalue weighted by Gasteiger charge is 2.35. The van der Waals surface area contributed by atoms with Gasteiger partial charge in [-0.3, -0.25) is 4.90 Å². The molecule has 0 radical (unpaired) electrons. The molecule has 1 aromatic carbocycles. The van der Waals surface area contributed by atoms with Crippen LogP contribution in [0.25, 0.3) is 0 Å². The van der Waals surface area contributed by atoms with Gasteiger partial charge in [-0.1, -0.05) is 18.2 Å². The number of benzene rings is 1. The van der Waals surface area contributed by atoms with Crippen LogP contribution in [-0.2, 0) is 12.8 Å². The number of fused-ring (bicyclic) bond motifs is 2. The number of piperidine rings is 1. The molecule has 0 bridgehead atoms. The summed E-state index contributed by atoms with van der Waals surface area (Å²) >= 11 is 0. The van der Waals surface area contributed by atoms with Crippen molar-refractivity contribution in [3.05, 3.63) is 42.0 Å². The molecule has 0 aromatic heterocycles. The van der Waals surface area contributed by atoms with Crippen molar-refractivity contribution in [2.75, 3.05) is 20.2 Å². The molecular weight excluding hydrogens is 234 g/mol. The highest BCUT2D eigenvalue weighted by atomic mass is 16.5. The first-order valence-electron chi connectivity index (χ1n) is 7.33. The second kappa shape index (κ2) is 5.38. The molecule has 1 aliphatic carbocycles. The maximum absolute atomic E-state index is 5.55. The first-order chi connectivity index (χ1) is 9.33. The van der Waals surface area contributed by atoms with Crippen LogP contribution in [0.2, 0.25) is 0 Å². The van der Waals surface area contributed by atoms with E-state index in [4.69, 9.17) is 4.74 Å². The molecular formula is C17H23NO. The molecule has 2 nitrogen and oxygen atoms in total. The minimum absolute atomic E-state index is 0.676. The quantitative estimate of drug-likeness (QED) is 0.772. The van der Waals surface area contributed by atoms with Crippen molar-refractivity contribution in [1.82, 2.24) is 4.90 Å². The van der Waals surface area contributed by atoms with Gasteiger partial charge in [0.15, 0.2) is 0 Å². The molecule has 0 unspecified atom stereocenters. The molecule has 2 atom stereocenters. The molecule has 2 heteroatoms. The Labute approximate surface area is 116 Å². The first-order valence-corrected chi connectivity index (χ1v) is 7.33. The Balaban J connectivity index is 1.91. The van der Waals surface area contributed by atoms with Gasteiger partial charge in [-0.2, -0.15) is 0 Å². The molecule has 3 rings (SSSR count). The minimum Gasteiger partial charge on any atom is -0.496 e. The summed E-state index contributed by atoms with van der Waals surface area (Å²) in [4.78, 5) is 2.61. The Morgan fingerprint density at radius 3 is 3.11 bits per heavy atom. The van der Waals surface area contributed by atoms with E-state index in [1.165, 1.54) is 36.9 Å². The Hall–Kier alpha value is -1.28. The average molecular weight is 257 g/mol. The normalized spacial score (nSPS) is 26.4. The maximum Gasteiger partial charge on any atom is 0.122 e. The molecule has 1 fully saturated rings. The molecule has 1 aromatic rings. The minimum atomic E-state index is 0.676. The number of ether oxygens (including phenoxy) is 1. The summed E-state index contributed by atoms with van der Waals surface area (Å²) in [5.74, 6) is 1.88. The van der Waals surface area contributed by atoms with Gasteiger partial charge in [-0.05, 0) is 55.3 Å². The first kappa shape index (κ1) is 12.7. The number of methoxy groups -OCH3 is 1. The van der Waals surface area contributed by atoms with Gasteiger partial charge in [0.25, 0.3) is 0 Å². The van der Waals surface area contributed by atoms with Gasteiger partial charge in [0.1, 0.15) is 5.75 Å². The molecule has 0 spiro atoms. The summed E-state index contributed by atoms with van der Waals surface area (Å²) in [5.41, 5.74) is 2.93.